The van der Waals surface area contributed by atoms with Crippen molar-refractivity contribution in [2.45, 2.75) is 19.9 Å². The van der Waals surface area contributed by atoms with E-state index in [2.05, 4.69) is 86.2 Å². The first-order valence-corrected chi connectivity index (χ1v) is 11.7. The Morgan fingerprint density at radius 3 is 2.55 bits per heavy atom. The lowest BCUT2D eigenvalue weighted by atomic mass is 10.2. The molecule has 1 aliphatic rings. The smallest absolute Gasteiger partial charge is 0.190 e. The molecule has 1 fully saturated rings. The van der Waals surface area contributed by atoms with Crippen LogP contribution in [0.5, 0.6) is 0 Å². The molecule has 4 nitrogen and oxygen atoms in total. The number of para-hydroxylation sites is 1. The van der Waals surface area contributed by atoms with Crippen molar-refractivity contribution in [2.24, 2.45) is 4.99 Å². The minimum Gasteiger partial charge on any atom is -0.379 e. The van der Waals surface area contributed by atoms with Gasteiger partial charge in [-0.3, -0.25) is 4.90 Å². The number of thiazole rings is 1. The molecule has 2 aromatic carbocycles. The maximum Gasteiger partial charge on any atom is 0.190 e. The second kappa shape index (κ2) is 9.85. The maximum absolute atomic E-state index is 5.47. The molecule has 0 atom stereocenters. The lowest BCUT2D eigenvalue weighted by Crippen LogP contribution is -2.37. The Hall–Kier alpha value is -1.73. The molecule has 0 bridgehead atoms. The van der Waals surface area contributed by atoms with Crippen molar-refractivity contribution >= 4 is 33.0 Å². The summed E-state index contributed by atoms with van der Waals surface area (Å²) in [4.78, 5) is 8.56. The van der Waals surface area contributed by atoms with Crippen LogP contribution in [-0.4, -0.2) is 42.3 Å². The van der Waals surface area contributed by atoms with Crippen molar-refractivity contribution in [1.82, 2.24) is 9.47 Å². The Balaban J connectivity index is 1.64. The molecule has 1 saturated heterocycles. The second-order valence-electron chi connectivity index (χ2n) is 7.27. The highest BCUT2D eigenvalue weighted by atomic mass is 79.9. The molecule has 1 aromatic heterocycles. The molecule has 0 saturated carbocycles. The van der Waals surface area contributed by atoms with Gasteiger partial charge in [0.25, 0.3) is 0 Å². The highest BCUT2D eigenvalue weighted by Crippen LogP contribution is 2.24. The first-order valence-electron chi connectivity index (χ1n) is 10.1. The van der Waals surface area contributed by atoms with Crippen LogP contribution >= 0.6 is 27.3 Å². The molecule has 0 unspecified atom stereocenters. The van der Waals surface area contributed by atoms with Crippen molar-refractivity contribution in [3.05, 3.63) is 68.7 Å². The molecular weight excluding hydrogens is 446 g/mol. The van der Waals surface area contributed by atoms with Crippen molar-refractivity contribution in [1.29, 1.82) is 0 Å². The van der Waals surface area contributed by atoms with Gasteiger partial charge in [0.05, 0.1) is 24.6 Å². The number of nitrogens with zero attached hydrogens (tertiary/aromatic N) is 3. The number of benzene rings is 2. The van der Waals surface area contributed by atoms with Gasteiger partial charge in [0.15, 0.2) is 4.80 Å². The summed E-state index contributed by atoms with van der Waals surface area (Å²) in [6.07, 6.45) is 1.10. The highest BCUT2D eigenvalue weighted by molar-refractivity contribution is 9.10. The van der Waals surface area contributed by atoms with E-state index < -0.39 is 0 Å². The summed E-state index contributed by atoms with van der Waals surface area (Å²) >= 11 is 5.26. The van der Waals surface area contributed by atoms with Gasteiger partial charge in [0.1, 0.15) is 0 Å². The fraction of sp³-hybridized carbons (Fsp3) is 0.348. The van der Waals surface area contributed by atoms with Gasteiger partial charge in [-0.2, -0.15) is 0 Å². The number of aryl methyl sites for hydroxylation is 1. The van der Waals surface area contributed by atoms with Gasteiger partial charge < -0.3 is 9.30 Å². The van der Waals surface area contributed by atoms with E-state index in [4.69, 9.17) is 9.73 Å². The first kappa shape index (κ1) is 20.5. The summed E-state index contributed by atoms with van der Waals surface area (Å²) < 4.78 is 8.94. The molecule has 4 rings (SSSR count). The third-order valence-corrected chi connectivity index (χ3v) is 6.62. The van der Waals surface area contributed by atoms with E-state index in [1.54, 1.807) is 11.3 Å². The monoisotopic (exact) mass is 471 g/mol. The van der Waals surface area contributed by atoms with Gasteiger partial charge >= 0.3 is 0 Å². The van der Waals surface area contributed by atoms with Crippen LogP contribution in [0.15, 0.2) is 63.4 Å². The maximum atomic E-state index is 5.47. The van der Waals surface area contributed by atoms with Crippen LogP contribution in [-0.2, 0) is 11.3 Å². The number of rotatable bonds is 6. The van der Waals surface area contributed by atoms with E-state index >= 15 is 0 Å². The summed E-state index contributed by atoms with van der Waals surface area (Å²) in [6.45, 7) is 7.94. The van der Waals surface area contributed by atoms with E-state index in [0.717, 1.165) is 60.8 Å². The van der Waals surface area contributed by atoms with E-state index in [0.29, 0.717) is 0 Å². The van der Waals surface area contributed by atoms with Gasteiger partial charge in [0, 0.05) is 36.0 Å². The summed E-state index contributed by atoms with van der Waals surface area (Å²) in [5.74, 6) is 0. The number of halogens is 1. The summed E-state index contributed by atoms with van der Waals surface area (Å²) in [5.41, 5.74) is 4.70. The third-order valence-electron chi connectivity index (χ3n) is 5.23. The normalized spacial score (nSPS) is 15.7. The quantitative estimate of drug-likeness (QED) is 0.491. The fourth-order valence-corrected chi connectivity index (χ4v) is 4.77. The molecule has 2 heterocycles. The predicted molar refractivity (Wildman–Crippen MR) is 124 cm³/mol. The Morgan fingerprint density at radius 2 is 1.79 bits per heavy atom. The van der Waals surface area contributed by atoms with Gasteiger partial charge in [-0.15, -0.1) is 11.3 Å². The number of ether oxygens (including phenoxy) is 1. The average molecular weight is 472 g/mol. The van der Waals surface area contributed by atoms with Crippen LogP contribution in [0.2, 0.25) is 0 Å². The number of aromatic nitrogens is 1. The van der Waals surface area contributed by atoms with Crippen LogP contribution in [0.25, 0.3) is 11.3 Å². The number of hydrogen-bond donors (Lipinski definition) is 0. The predicted octanol–water partition coefficient (Wildman–Crippen LogP) is 5.24. The zero-order chi connectivity index (χ0) is 20.1. The zero-order valence-electron chi connectivity index (χ0n) is 16.7. The number of hydrogen-bond acceptors (Lipinski definition) is 4. The molecule has 0 aliphatic carbocycles. The van der Waals surface area contributed by atoms with E-state index in [1.807, 2.05) is 0 Å². The highest BCUT2D eigenvalue weighted by Gasteiger charge is 2.12. The second-order valence-corrected chi connectivity index (χ2v) is 9.02. The molecule has 0 amide bonds. The lowest BCUT2D eigenvalue weighted by Gasteiger charge is -2.26. The molecule has 0 N–H and O–H groups in total. The first-order chi connectivity index (χ1) is 14.2. The van der Waals surface area contributed by atoms with Crippen LogP contribution in [0.1, 0.15) is 12.0 Å². The third kappa shape index (κ3) is 5.25. The summed E-state index contributed by atoms with van der Waals surface area (Å²) in [7, 11) is 0. The molecule has 3 aromatic rings. The zero-order valence-corrected chi connectivity index (χ0v) is 19.1. The van der Waals surface area contributed by atoms with Crippen molar-refractivity contribution in [2.75, 3.05) is 32.8 Å². The molecule has 0 spiro atoms. The minimum atomic E-state index is 0.851. The molecule has 152 valence electrons. The molecule has 1 aliphatic heterocycles. The standard InChI is InChI=1S/C23H26BrN3OS/c1-18-5-2-3-6-21(18)25-23-27(12-4-11-26-13-15-28-16-14-26)22(17-29-23)19-7-9-20(24)10-8-19/h2-3,5-10,17H,4,11-16H2,1H3. The van der Waals surface area contributed by atoms with E-state index in [1.165, 1.54) is 16.8 Å². The van der Waals surface area contributed by atoms with E-state index in [9.17, 15) is 0 Å². The summed E-state index contributed by atoms with van der Waals surface area (Å²) in [5, 5.41) is 2.23. The van der Waals surface area contributed by atoms with Crippen molar-refractivity contribution < 1.29 is 4.74 Å². The van der Waals surface area contributed by atoms with E-state index in [-0.39, 0.29) is 0 Å². The minimum absolute atomic E-state index is 0.851. The van der Waals surface area contributed by atoms with Crippen LogP contribution in [0.4, 0.5) is 5.69 Å². The fourth-order valence-electron chi connectivity index (χ4n) is 3.56. The van der Waals surface area contributed by atoms with Gasteiger partial charge in [0.2, 0.25) is 0 Å². The van der Waals surface area contributed by atoms with Crippen molar-refractivity contribution in [3.63, 3.8) is 0 Å². The van der Waals surface area contributed by atoms with Crippen LogP contribution in [0.3, 0.4) is 0 Å². The average Bonchev–Trinajstić information content (AvgIpc) is 3.13. The van der Waals surface area contributed by atoms with Crippen molar-refractivity contribution in [3.8, 4) is 11.3 Å². The van der Waals surface area contributed by atoms with Crippen LogP contribution in [0, 0.1) is 6.92 Å². The molecule has 29 heavy (non-hydrogen) atoms. The Bertz CT molecular complexity index is 1000. The number of morpholine rings is 1. The van der Waals surface area contributed by atoms with Gasteiger partial charge in [-0.05, 0) is 42.7 Å². The summed E-state index contributed by atoms with van der Waals surface area (Å²) in [6, 6.07) is 16.9. The Morgan fingerprint density at radius 1 is 1.03 bits per heavy atom. The molecular formula is C23H26BrN3OS. The largest absolute Gasteiger partial charge is 0.379 e. The molecule has 6 heteroatoms. The Kier molecular flexibility index (Phi) is 6.98. The topological polar surface area (TPSA) is 29.8 Å². The van der Waals surface area contributed by atoms with Gasteiger partial charge in [-0.25, -0.2) is 4.99 Å². The lowest BCUT2D eigenvalue weighted by molar-refractivity contribution is 0.0369. The SMILES string of the molecule is Cc1ccccc1N=c1scc(-c2ccc(Br)cc2)n1CCCN1CCOCC1. The molecule has 0 radical (unpaired) electrons. The Labute approximate surface area is 184 Å². The van der Waals surface area contributed by atoms with Gasteiger partial charge in [-0.1, -0.05) is 46.3 Å². The van der Waals surface area contributed by atoms with Crippen LogP contribution < -0.4 is 4.80 Å².